The molecular formula is C9H16O5P2. The predicted molar refractivity (Wildman–Crippen MR) is 65.1 cm³/mol. The van der Waals surface area contributed by atoms with Crippen molar-refractivity contribution in [2.24, 2.45) is 0 Å². The van der Waals surface area contributed by atoms with E-state index in [1.165, 1.54) is 18.2 Å². The van der Waals surface area contributed by atoms with Crippen molar-refractivity contribution < 1.29 is 22.7 Å². The summed E-state index contributed by atoms with van der Waals surface area (Å²) in [6.07, 6.45) is 4.16. The molecule has 1 atom stereocenters. The van der Waals surface area contributed by atoms with Crippen molar-refractivity contribution in [3.63, 3.8) is 0 Å². The van der Waals surface area contributed by atoms with Crippen LogP contribution in [0.2, 0.25) is 0 Å². The van der Waals surface area contributed by atoms with Crippen LogP contribution >= 0.6 is 15.0 Å². The van der Waals surface area contributed by atoms with Crippen LogP contribution in [-0.4, -0.2) is 19.8 Å². The molecule has 0 N–H and O–H groups in total. The summed E-state index contributed by atoms with van der Waals surface area (Å²) in [4.78, 5) is 0. The van der Waals surface area contributed by atoms with Crippen LogP contribution in [0, 0.1) is 0 Å². The highest BCUT2D eigenvalue weighted by Gasteiger charge is 2.33. The number of rotatable bonds is 10. The largest absolute Gasteiger partial charge is 0.410 e. The fourth-order valence-corrected chi connectivity index (χ4v) is 3.74. The van der Waals surface area contributed by atoms with Crippen molar-refractivity contribution in [2.75, 3.05) is 19.8 Å². The Bertz CT molecular complexity index is 297. The molecule has 16 heavy (non-hydrogen) atoms. The first kappa shape index (κ1) is 15.6. The van der Waals surface area contributed by atoms with Crippen LogP contribution in [0.4, 0.5) is 0 Å². The average Bonchev–Trinajstić information content (AvgIpc) is 2.30. The van der Waals surface area contributed by atoms with Gasteiger partial charge in [0.25, 0.3) is 0 Å². The molecule has 1 unspecified atom stereocenters. The molecule has 0 aliphatic carbocycles. The first-order chi connectivity index (χ1) is 7.60. The van der Waals surface area contributed by atoms with E-state index in [1.807, 2.05) is 0 Å². The first-order valence-electron chi connectivity index (χ1n) is 4.50. The molecular weight excluding hydrogens is 250 g/mol. The number of hydrogen-bond donors (Lipinski definition) is 0. The first-order valence-corrected chi connectivity index (χ1v) is 8.20. The molecule has 0 bridgehead atoms. The van der Waals surface area contributed by atoms with Crippen LogP contribution in [-0.2, 0) is 22.7 Å². The second-order valence-corrected chi connectivity index (χ2v) is 7.60. The van der Waals surface area contributed by atoms with E-state index in [0.29, 0.717) is 0 Å². The Labute approximate surface area is 96.1 Å². The van der Waals surface area contributed by atoms with Crippen LogP contribution in [0.1, 0.15) is 0 Å². The molecule has 92 valence electrons. The molecule has 0 saturated carbocycles. The molecule has 0 fully saturated rings. The zero-order chi connectivity index (χ0) is 12.4. The third kappa shape index (κ3) is 5.59. The highest BCUT2D eigenvalue weighted by molar-refractivity contribution is 8.21. The zero-order valence-electron chi connectivity index (χ0n) is 8.96. The van der Waals surface area contributed by atoms with Gasteiger partial charge in [0.05, 0.1) is 19.8 Å². The van der Waals surface area contributed by atoms with E-state index >= 15 is 0 Å². The van der Waals surface area contributed by atoms with E-state index in [4.69, 9.17) is 13.6 Å². The summed E-state index contributed by atoms with van der Waals surface area (Å²) in [5.41, 5.74) is 0. The van der Waals surface area contributed by atoms with Gasteiger partial charge in [0, 0.05) is 0 Å². The summed E-state index contributed by atoms with van der Waals surface area (Å²) < 4.78 is 38.1. The van der Waals surface area contributed by atoms with Gasteiger partial charge in [0.1, 0.15) is 0 Å². The van der Waals surface area contributed by atoms with Crippen molar-refractivity contribution in [1.29, 1.82) is 0 Å². The molecule has 0 aliphatic heterocycles. The fraction of sp³-hybridized carbons (Fsp3) is 0.333. The second-order valence-electron chi connectivity index (χ2n) is 2.53. The van der Waals surface area contributed by atoms with Crippen molar-refractivity contribution in [3.05, 3.63) is 38.0 Å². The van der Waals surface area contributed by atoms with Gasteiger partial charge in [-0.05, 0) is 0 Å². The minimum absolute atomic E-state index is 0.0245. The summed E-state index contributed by atoms with van der Waals surface area (Å²) in [6.45, 7) is 10.2. The predicted octanol–water partition coefficient (Wildman–Crippen LogP) is 3.18. The van der Waals surface area contributed by atoms with E-state index in [-0.39, 0.29) is 19.8 Å². The lowest BCUT2D eigenvalue weighted by atomic mass is 10.7. The summed E-state index contributed by atoms with van der Waals surface area (Å²) >= 11 is 0. The summed E-state index contributed by atoms with van der Waals surface area (Å²) in [6, 6.07) is 0. The van der Waals surface area contributed by atoms with Crippen molar-refractivity contribution in [3.8, 4) is 0 Å². The van der Waals surface area contributed by atoms with Crippen LogP contribution in [0.15, 0.2) is 38.0 Å². The molecule has 0 heterocycles. The molecule has 0 aromatic heterocycles. The van der Waals surface area contributed by atoms with Gasteiger partial charge in [-0.25, -0.2) is 4.57 Å². The topological polar surface area (TPSA) is 61.8 Å². The quantitative estimate of drug-likeness (QED) is 0.449. The smallest absolute Gasteiger partial charge is 0.318 e. The minimum atomic E-state index is -3.74. The maximum Gasteiger partial charge on any atom is 0.410 e. The van der Waals surface area contributed by atoms with E-state index in [2.05, 4.69) is 19.7 Å². The Kier molecular flexibility index (Phi) is 8.44. The highest BCUT2D eigenvalue weighted by atomic mass is 32.1. The molecule has 0 spiro atoms. The Balaban J connectivity index is 4.54. The molecule has 5 nitrogen and oxygen atoms in total. The third-order valence-electron chi connectivity index (χ3n) is 1.27. The SMILES string of the molecule is C=CCO[PH](=O)P(=O)(OCC=C)OCC=C. The van der Waals surface area contributed by atoms with Gasteiger partial charge in [-0.2, -0.15) is 0 Å². The van der Waals surface area contributed by atoms with Crippen LogP contribution in [0.25, 0.3) is 0 Å². The molecule has 0 rings (SSSR count). The lowest BCUT2D eigenvalue weighted by Gasteiger charge is -2.15. The van der Waals surface area contributed by atoms with Crippen LogP contribution < -0.4 is 0 Å². The van der Waals surface area contributed by atoms with Crippen LogP contribution in [0.3, 0.4) is 0 Å². The minimum Gasteiger partial charge on any atom is -0.318 e. The van der Waals surface area contributed by atoms with Gasteiger partial charge in [0.2, 0.25) is 0 Å². The summed E-state index contributed by atoms with van der Waals surface area (Å²) in [5.74, 6) is 0. The fourth-order valence-electron chi connectivity index (χ4n) is 0.654. The monoisotopic (exact) mass is 266 g/mol. The van der Waals surface area contributed by atoms with Gasteiger partial charge in [-0.1, -0.05) is 18.2 Å². The molecule has 0 saturated heterocycles. The Morgan fingerprint density at radius 1 is 1.00 bits per heavy atom. The van der Waals surface area contributed by atoms with Crippen LogP contribution in [0.5, 0.6) is 0 Å². The Morgan fingerprint density at radius 3 is 1.81 bits per heavy atom. The lowest BCUT2D eigenvalue weighted by Crippen LogP contribution is -1.95. The second kappa shape index (κ2) is 8.68. The summed E-state index contributed by atoms with van der Waals surface area (Å²) in [5, 5.41) is 0. The van der Waals surface area contributed by atoms with E-state index in [0.717, 1.165) is 0 Å². The normalized spacial score (nSPS) is 13.0. The van der Waals surface area contributed by atoms with E-state index < -0.39 is 15.0 Å². The molecule has 0 aliphatic rings. The van der Waals surface area contributed by atoms with Gasteiger partial charge in [-0.15, -0.1) is 19.7 Å². The maximum absolute atomic E-state index is 12.0. The lowest BCUT2D eigenvalue weighted by molar-refractivity contribution is 0.245. The Morgan fingerprint density at radius 2 is 1.44 bits per heavy atom. The molecule has 0 aromatic carbocycles. The summed E-state index contributed by atoms with van der Waals surface area (Å²) in [7, 11) is -6.68. The van der Waals surface area contributed by atoms with Gasteiger partial charge in [-0.3, -0.25) is 13.6 Å². The highest BCUT2D eigenvalue weighted by Crippen LogP contribution is 2.70. The standard InChI is InChI=1S/C9H16O5P2/c1-4-7-12-15(10)16(11,13-8-5-2)14-9-6-3/h4-6,15H,1-3,7-9H2. The third-order valence-corrected chi connectivity index (χ3v) is 5.62. The van der Waals surface area contributed by atoms with E-state index in [9.17, 15) is 9.13 Å². The maximum atomic E-state index is 12.0. The van der Waals surface area contributed by atoms with Crippen molar-refractivity contribution >= 4 is 15.0 Å². The number of hydrogen-bond acceptors (Lipinski definition) is 5. The molecule has 0 aromatic rings. The Hall–Kier alpha value is -0.440. The van der Waals surface area contributed by atoms with Crippen molar-refractivity contribution in [1.82, 2.24) is 0 Å². The zero-order valence-corrected chi connectivity index (χ0v) is 10.9. The van der Waals surface area contributed by atoms with Gasteiger partial charge in [0.15, 0.2) is 0 Å². The van der Waals surface area contributed by atoms with E-state index in [1.54, 1.807) is 0 Å². The molecule has 0 amide bonds. The molecule has 7 heteroatoms. The van der Waals surface area contributed by atoms with Crippen molar-refractivity contribution in [2.45, 2.75) is 0 Å². The molecule has 0 radical (unpaired) electrons. The van der Waals surface area contributed by atoms with Gasteiger partial charge >= 0.3 is 15.0 Å². The van der Waals surface area contributed by atoms with Gasteiger partial charge < -0.3 is 4.52 Å². The average molecular weight is 266 g/mol.